The number of hydrogen-bond acceptors (Lipinski definition) is 5. The Labute approximate surface area is 146 Å². The highest BCUT2D eigenvalue weighted by Crippen LogP contribution is 2.37. The molecule has 0 aliphatic carbocycles. The number of allylic oxidation sites excluding steroid dienone is 1. The van der Waals surface area contributed by atoms with Gasteiger partial charge in [0.1, 0.15) is 0 Å². The molecule has 5 nitrogen and oxygen atoms in total. The zero-order chi connectivity index (χ0) is 17.8. The first-order valence-electron chi connectivity index (χ1n) is 7.94. The second-order valence-electron chi connectivity index (χ2n) is 5.62. The van der Waals surface area contributed by atoms with Crippen molar-refractivity contribution in [3.05, 3.63) is 60.2 Å². The Morgan fingerprint density at radius 1 is 1.12 bits per heavy atom. The molecule has 2 aromatic rings. The van der Waals surface area contributed by atoms with Gasteiger partial charge in [0.25, 0.3) is 0 Å². The van der Waals surface area contributed by atoms with Gasteiger partial charge in [0.05, 0.1) is 20.1 Å². The Hall–Kier alpha value is -2.95. The van der Waals surface area contributed by atoms with E-state index in [1.165, 1.54) is 0 Å². The molecule has 0 aromatic heterocycles. The van der Waals surface area contributed by atoms with Crippen molar-refractivity contribution in [2.45, 2.75) is 12.3 Å². The molecule has 0 unspecified atom stereocenters. The fourth-order valence-corrected chi connectivity index (χ4v) is 2.88. The van der Waals surface area contributed by atoms with Crippen molar-refractivity contribution >= 4 is 5.78 Å². The van der Waals surface area contributed by atoms with Crippen LogP contribution in [0.15, 0.2) is 49.1 Å². The van der Waals surface area contributed by atoms with E-state index in [1.807, 2.05) is 18.2 Å². The minimum atomic E-state index is -0.356. The first-order chi connectivity index (χ1) is 12.2. The van der Waals surface area contributed by atoms with Gasteiger partial charge < -0.3 is 18.9 Å². The smallest absolute Gasteiger partial charge is 0.231 e. The summed E-state index contributed by atoms with van der Waals surface area (Å²) < 4.78 is 21.3. The van der Waals surface area contributed by atoms with Crippen LogP contribution in [0.25, 0.3) is 0 Å². The highest BCUT2D eigenvalue weighted by molar-refractivity contribution is 6.01. The topological polar surface area (TPSA) is 54.0 Å². The van der Waals surface area contributed by atoms with Crippen molar-refractivity contribution in [3.63, 3.8) is 0 Å². The van der Waals surface area contributed by atoms with E-state index in [4.69, 9.17) is 18.9 Å². The molecule has 3 rings (SSSR count). The normalized spacial score (nSPS) is 13.2. The number of carbonyl (C=O) groups excluding carboxylic acids is 1. The minimum absolute atomic E-state index is 0.0141. The van der Waals surface area contributed by atoms with Crippen LogP contribution in [0.4, 0.5) is 0 Å². The lowest BCUT2D eigenvalue weighted by Gasteiger charge is -2.16. The van der Waals surface area contributed by atoms with Gasteiger partial charge >= 0.3 is 0 Å². The van der Waals surface area contributed by atoms with Crippen molar-refractivity contribution in [1.82, 2.24) is 0 Å². The Kier molecular flexibility index (Phi) is 4.93. The summed E-state index contributed by atoms with van der Waals surface area (Å²) in [4.78, 5) is 13.1. The maximum absolute atomic E-state index is 13.1. The predicted octanol–water partition coefficient (Wildman–Crippen LogP) is 3.98. The van der Waals surface area contributed by atoms with Crippen molar-refractivity contribution in [1.29, 1.82) is 0 Å². The molecule has 1 atom stereocenters. The average Bonchev–Trinajstić information content (AvgIpc) is 3.12. The standard InChI is InChI=1S/C20H20O5/c1-4-5-15(13-6-9-17-19(10-13)25-12-24-17)20(21)14-7-8-16(22-2)18(11-14)23-3/h4,6-11,15H,1,5,12H2,2-3H3/t15-/m0/s1. The molecule has 0 amide bonds. The molecule has 1 aliphatic rings. The van der Waals surface area contributed by atoms with Crippen LogP contribution >= 0.6 is 0 Å². The van der Waals surface area contributed by atoms with Crippen LogP contribution in [-0.4, -0.2) is 26.8 Å². The third-order valence-corrected chi connectivity index (χ3v) is 4.19. The molecule has 0 saturated heterocycles. The maximum Gasteiger partial charge on any atom is 0.231 e. The molecule has 0 N–H and O–H groups in total. The van der Waals surface area contributed by atoms with E-state index in [0.29, 0.717) is 35.0 Å². The summed E-state index contributed by atoms with van der Waals surface area (Å²) in [5.74, 6) is 2.09. The van der Waals surface area contributed by atoms with Gasteiger partial charge in [-0.25, -0.2) is 0 Å². The minimum Gasteiger partial charge on any atom is -0.493 e. The number of methoxy groups -OCH3 is 2. The summed E-state index contributed by atoms with van der Waals surface area (Å²) in [6.45, 7) is 3.99. The van der Waals surface area contributed by atoms with Gasteiger partial charge in [-0.3, -0.25) is 4.79 Å². The molecule has 130 valence electrons. The van der Waals surface area contributed by atoms with Crippen LogP contribution < -0.4 is 18.9 Å². The highest BCUT2D eigenvalue weighted by Gasteiger charge is 2.24. The zero-order valence-corrected chi connectivity index (χ0v) is 14.3. The Bertz CT molecular complexity index is 797. The molecule has 1 heterocycles. The first-order valence-corrected chi connectivity index (χ1v) is 7.94. The summed E-state index contributed by atoms with van der Waals surface area (Å²) in [5, 5.41) is 0. The van der Waals surface area contributed by atoms with Gasteiger partial charge in [-0.15, -0.1) is 6.58 Å². The van der Waals surface area contributed by atoms with Gasteiger partial charge in [-0.05, 0) is 42.3 Å². The molecule has 0 fully saturated rings. The van der Waals surface area contributed by atoms with Crippen LogP contribution in [0.5, 0.6) is 23.0 Å². The number of ether oxygens (including phenoxy) is 4. The van der Waals surface area contributed by atoms with Gasteiger partial charge in [0.15, 0.2) is 28.8 Å². The summed E-state index contributed by atoms with van der Waals surface area (Å²) >= 11 is 0. The molecular formula is C20H20O5. The number of fused-ring (bicyclic) bond motifs is 1. The number of Topliss-reactive ketones (excluding diaryl/α,β-unsaturated/α-hetero) is 1. The molecular weight excluding hydrogens is 320 g/mol. The van der Waals surface area contributed by atoms with Crippen LogP contribution in [0.3, 0.4) is 0 Å². The number of benzene rings is 2. The molecule has 0 bridgehead atoms. The number of carbonyl (C=O) groups is 1. The fraction of sp³-hybridized carbons (Fsp3) is 0.250. The summed E-state index contributed by atoms with van der Waals surface area (Å²) in [5.41, 5.74) is 1.42. The lowest BCUT2D eigenvalue weighted by molar-refractivity contribution is 0.0959. The monoisotopic (exact) mass is 340 g/mol. The Morgan fingerprint density at radius 2 is 1.88 bits per heavy atom. The third-order valence-electron chi connectivity index (χ3n) is 4.19. The van der Waals surface area contributed by atoms with E-state index in [1.54, 1.807) is 38.5 Å². The quantitative estimate of drug-likeness (QED) is 0.564. The third kappa shape index (κ3) is 3.31. The van der Waals surface area contributed by atoms with E-state index < -0.39 is 0 Å². The van der Waals surface area contributed by atoms with Gasteiger partial charge in [-0.1, -0.05) is 12.1 Å². The average molecular weight is 340 g/mol. The lowest BCUT2D eigenvalue weighted by atomic mass is 9.87. The number of ketones is 1. The van der Waals surface area contributed by atoms with Crippen LogP contribution in [0.2, 0.25) is 0 Å². The molecule has 1 aliphatic heterocycles. The Balaban J connectivity index is 1.95. The lowest BCUT2D eigenvalue weighted by Crippen LogP contribution is -2.13. The molecule has 0 radical (unpaired) electrons. The van der Waals surface area contributed by atoms with Gasteiger partial charge in [-0.2, -0.15) is 0 Å². The number of rotatable bonds is 7. The summed E-state index contributed by atoms with van der Waals surface area (Å²) in [6, 6.07) is 10.7. The highest BCUT2D eigenvalue weighted by atomic mass is 16.7. The maximum atomic E-state index is 13.1. The largest absolute Gasteiger partial charge is 0.493 e. The summed E-state index contributed by atoms with van der Waals surface area (Å²) in [6.07, 6.45) is 2.26. The molecule has 5 heteroatoms. The van der Waals surface area contributed by atoms with Crippen LogP contribution in [-0.2, 0) is 0 Å². The van der Waals surface area contributed by atoms with Gasteiger partial charge in [0, 0.05) is 5.56 Å². The molecule has 25 heavy (non-hydrogen) atoms. The fourth-order valence-electron chi connectivity index (χ4n) is 2.88. The van der Waals surface area contributed by atoms with E-state index in [-0.39, 0.29) is 18.5 Å². The zero-order valence-electron chi connectivity index (χ0n) is 14.3. The second-order valence-corrected chi connectivity index (χ2v) is 5.62. The Morgan fingerprint density at radius 3 is 2.60 bits per heavy atom. The van der Waals surface area contributed by atoms with Crippen molar-refractivity contribution < 1.29 is 23.7 Å². The first kappa shape index (κ1) is 16.9. The van der Waals surface area contributed by atoms with Crippen LogP contribution in [0.1, 0.15) is 28.3 Å². The van der Waals surface area contributed by atoms with Crippen molar-refractivity contribution in [2.24, 2.45) is 0 Å². The van der Waals surface area contributed by atoms with Crippen molar-refractivity contribution in [2.75, 3.05) is 21.0 Å². The van der Waals surface area contributed by atoms with Crippen molar-refractivity contribution in [3.8, 4) is 23.0 Å². The van der Waals surface area contributed by atoms with E-state index in [2.05, 4.69) is 6.58 Å². The van der Waals surface area contributed by atoms with Crippen LogP contribution in [0, 0.1) is 0 Å². The predicted molar refractivity (Wildman–Crippen MR) is 94.0 cm³/mol. The molecule has 0 saturated carbocycles. The summed E-state index contributed by atoms with van der Waals surface area (Å²) in [7, 11) is 3.11. The number of hydrogen-bond donors (Lipinski definition) is 0. The van der Waals surface area contributed by atoms with E-state index in [0.717, 1.165) is 5.56 Å². The van der Waals surface area contributed by atoms with E-state index in [9.17, 15) is 4.79 Å². The van der Waals surface area contributed by atoms with Gasteiger partial charge in [0.2, 0.25) is 6.79 Å². The molecule has 0 spiro atoms. The second kappa shape index (κ2) is 7.30. The SMILES string of the molecule is C=CC[C@H](C(=O)c1ccc(OC)c(OC)c1)c1ccc2c(c1)OCO2. The molecule has 2 aromatic carbocycles. The van der Waals surface area contributed by atoms with E-state index >= 15 is 0 Å².